The summed E-state index contributed by atoms with van der Waals surface area (Å²) in [7, 11) is 2.55. The maximum absolute atomic E-state index is 13.1. The second kappa shape index (κ2) is 15.5. The Labute approximate surface area is 220 Å². The summed E-state index contributed by atoms with van der Waals surface area (Å²) in [5.41, 5.74) is 1.68. The van der Waals surface area contributed by atoms with Gasteiger partial charge < -0.3 is 28.4 Å². The fourth-order valence-electron chi connectivity index (χ4n) is 4.19. The molecule has 0 heterocycles. The van der Waals surface area contributed by atoms with Crippen LogP contribution in [0.3, 0.4) is 0 Å². The quantitative estimate of drug-likeness (QED) is 0.176. The Morgan fingerprint density at radius 1 is 0.595 bits per heavy atom. The average Bonchev–Trinajstić information content (AvgIpc) is 2.92. The molecule has 0 radical (unpaired) electrons. The number of methoxy groups -OCH3 is 2. The molecule has 0 aliphatic rings. The van der Waals surface area contributed by atoms with Crippen molar-refractivity contribution >= 4 is 11.9 Å². The summed E-state index contributed by atoms with van der Waals surface area (Å²) < 4.78 is 32.9. The Balaban J connectivity index is 2.38. The van der Waals surface area contributed by atoms with Crippen LogP contribution in [0, 0.1) is 5.41 Å². The van der Waals surface area contributed by atoms with E-state index in [0.717, 1.165) is 22.3 Å². The lowest BCUT2D eigenvalue weighted by Gasteiger charge is -2.29. The van der Waals surface area contributed by atoms with Crippen LogP contribution in [0.5, 0.6) is 0 Å². The normalized spacial score (nSPS) is 11.7. The zero-order valence-corrected chi connectivity index (χ0v) is 22.8. The molecule has 0 saturated carbocycles. The number of rotatable bonds is 16. The van der Waals surface area contributed by atoms with Crippen LogP contribution in [0.1, 0.15) is 62.5 Å². The third kappa shape index (κ3) is 8.10. The van der Waals surface area contributed by atoms with Gasteiger partial charge in [-0.1, -0.05) is 48.5 Å². The summed E-state index contributed by atoms with van der Waals surface area (Å²) in [4.78, 5) is 26.3. The molecule has 0 unspecified atom stereocenters. The molecule has 2 aromatic rings. The molecule has 2 aromatic carbocycles. The van der Waals surface area contributed by atoms with Crippen molar-refractivity contribution < 1.29 is 38.0 Å². The largest absolute Gasteiger partial charge is 0.468 e. The third-order valence-electron chi connectivity index (χ3n) is 5.94. The molecule has 0 aliphatic carbocycles. The maximum Gasteiger partial charge on any atom is 0.323 e. The van der Waals surface area contributed by atoms with Gasteiger partial charge in [-0.15, -0.1) is 0 Å². The van der Waals surface area contributed by atoms with Crippen LogP contribution in [-0.4, -0.2) is 52.6 Å². The first-order valence-electron chi connectivity index (χ1n) is 12.7. The lowest BCUT2D eigenvalue weighted by molar-refractivity contribution is -0.169. The molecule has 0 aromatic heterocycles. The van der Waals surface area contributed by atoms with Gasteiger partial charge in [-0.05, 0) is 51.7 Å². The Morgan fingerprint density at radius 3 is 1.14 bits per heavy atom. The maximum atomic E-state index is 13.1. The van der Waals surface area contributed by atoms with Crippen LogP contribution < -0.4 is 0 Å². The molecule has 0 amide bonds. The van der Waals surface area contributed by atoms with E-state index >= 15 is 0 Å². The molecule has 204 valence electrons. The van der Waals surface area contributed by atoms with Gasteiger partial charge in [0, 0.05) is 37.6 Å². The third-order valence-corrected chi connectivity index (χ3v) is 5.94. The zero-order chi connectivity index (χ0) is 27.3. The van der Waals surface area contributed by atoms with E-state index in [2.05, 4.69) is 0 Å². The number of ether oxygens (including phenoxy) is 6. The molecule has 0 spiro atoms. The predicted octanol–water partition coefficient (Wildman–Crippen LogP) is 4.95. The first kappa shape index (κ1) is 30.4. The van der Waals surface area contributed by atoms with E-state index in [1.807, 2.05) is 76.2 Å². The van der Waals surface area contributed by atoms with Gasteiger partial charge in [-0.25, -0.2) is 0 Å². The van der Waals surface area contributed by atoms with Crippen LogP contribution in [0.25, 0.3) is 0 Å². The SMILES string of the molecule is CCOC(OCC)c1ccc(CC(Cc2ccc(C(OCC)OCC)cc2)(C(=O)OC)C(=O)OC)cc1. The van der Waals surface area contributed by atoms with Gasteiger partial charge in [0.2, 0.25) is 0 Å². The number of carbonyl (C=O) groups is 2. The van der Waals surface area contributed by atoms with Crippen molar-refractivity contribution in [2.24, 2.45) is 5.41 Å². The predicted molar refractivity (Wildman–Crippen MR) is 139 cm³/mol. The summed E-state index contributed by atoms with van der Waals surface area (Å²) in [6.07, 6.45) is -0.762. The smallest absolute Gasteiger partial charge is 0.323 e. The highest BCUT2D eigenvalue weighted by Gasteiger charge is 2.48. The number of esters is 2. The van der Waals surface area contributed by atoms with Crippen LogP contribution >= 0.6 is 0 Å². The molecule has 2 rings (SSSR count). The summed E-state index contributed by atoms with van der Waals surface area (Å²) >= 11 is 0. The van der Waals surface area contributed by atoms with E-state index in [-0.39, 0.29) is 12.8 Å². The Bertz CT molecular complexity index is 863. The molecule has 8 heteroatoms. The monoisotopic (exact) mass is 516 g/mol. The highest BCUT2D eigenvalue weighted by atomic mass is 16.7. The highest BCUT2D eigenvalue weighted by Crippen LogP contribution is 2.33. The Kier molecular flexibility index (Phi) is 12.7. The molecule has 0 N–H and O–H groups in total. The minimum absolute atomic E-state index is 0.100. The minimum atomic E-state index is -1.56. The van der Waals surface area contributed by atoms with E-state index < -0.39 is 29.9 Å². The van der Waals surface area contributed by atoms with Crippen molar-refractivity contribution in [3.05, 3.63) is 70.8 Å². The topological polar surface area (TPSA) is 89.5 Å². The number of benzene rings is 2. The van der Waals surface area contributed by atoms with Gasteiger partial charge in [0.15, 0.2) is 18.0 Å². The van der Waals surface area contributed by atoms with E-state index in [9.17, 15) is 9.59 Å². The first-order valence-corrected chi connectivity index (χ1v) is 12.7. The lowest BCUT2D eigenvalue weighted by atomic mass is 9.76. The Morgan fingerprint density at radius 2 is 0.892 bits per heavy atom. The number of hydrogen-bond acceptors (Lipinski definition) is 8. The zero-order valence-electron chi connectivity index (χ0n) is 22.8. The molecule has 8 nitrogen and oxygen atoms in total. The minimum Gasteiger partial charge on any atom is -0.468 e. The van der Waals surface area contributed by atoms with Crippen molar-refractivity contribution in [1.29, 1.82) is 0 Å². The second-order valence-electron chi connectivity index (χ2n) is 8.39. The molecule has 0 fully saturated rings. The van der Waals surface area contributed by atoms with Gasteiger partial charge >= 0.3 is 11.9 Å². The fraction of sp³-hybridized carbons (Fsp3) is 0.517. The van der Waals surface area contributed by atoms with Crippen molar-refractivity contribution in [2.45, 2.75) is 53.1 Å². The van der Waals surface area contributed by atoms with E-state index in [4.69, 9.17) is 28.4 Å². The summed E-state index contributed by atoms with van der Waals surface area (Å²) in [5, 5.41) is 0. The van der Waals surface area contributed by atoms with Crippen molar-refractivity contribution in [3.63, 3.8) is 0 Å². The number of hydrogen-bond donors (Lipinski definition) is 0. The molecular weight excluding hydrogens is 476 g/mol. The molecule has 0 aliphatic heterocycles. The van der Waals surface area contributed by atoms with Gasteiger partial charge in [0.05, 0.1) is 14.2 Å². The molecule has 0 bridgehead atoms. The average molecular weight is 517 g/mol. The highest BCUT2D eigenvalue weighted by molar-refractivity contribution is 6.00. The molecule has 0 saturated heterocycles. The van der Waals surface area contributed by atoms with Crippen molar-refractivity contribution in [1.82, 2.24) is 0 Å². The lowest BCUT2D eigenvalue weighted by Crippen LogP contribution is -2.45. The van der Waals surface area contributed by atoms with Gasteiger partial charge in [0.25, 0.3) is 0 Å². The van der Waals surface area contributed by atoms with Crippen molar-refractivity contribution in [2.75, 3.05) is 40.6 Å². The standard InChI is InChI=1S/C29H40O8/c1-7-34-25(35-8-2)23-15-11-21(12-16-23)19-29(27(30)32-5,28(31)33-6)20-22-13-17-24(18-14-22)26(36-9-3)37-10-4/h11-18,25-26H,7-10,19-20H2,1-6H3. The first-order chi connectivity index (χ1) is 17.9. The molecule has 0 atom stereocenters. The van der Waals surface area contributed by atoms with E-state index in [0.29, 0.717) is 26.4 Å². The van der Waals surface area contributed by atoms with Crippen LogP contribution in [0.15, 0.2) is 48.5 Å². The molecular formula is C29H40O8. The van der Waals surface area contributed by atoms with Crippen LogP contribution in [0.2, 0.25) is 0 Å². The van der Waals surface area contributed by atoms with E-state index in [1.54, 1.807) is 0 Å². The van der Waals surface area contributed by atoms with Crippen LogP contribution in [-0.2, 0) is 50.9 Å². The fourth-order valence-corrected chi connectivity index (χ4v) is 4.19. The second-order valence-corrected chi connectivity index (χ2v) is 8.39. The number of carbonyl (C=O) groups excluding carboxylic acids is 2. The van der Waals surface area contributed by atoms with Crippen molar-refractivity contribution in [3.8, 4) is 0 Å². The summed E-state index contributed by atoms with van der Waals surface area (Å²) in [6, 6.07) is 14.9. The van der Waals surface area contributed by atoms with Gasteiger partial charge in [0.1, 0.15) is 0 Å². The van der Waals surface area contributed by atoms with E-state index in [1.165, 1.54) is 14.2 Å². The van der Waals surface area contributed by atoms with Gasteiger partial charge in [-0.3, -0.25) is 9.59 Å². The molecule has 37 heavy (non-hydrogen) atoms. The Hall–Kier alpha value is -2.78. The van der Waals surface area contributed by atoms with Crippen LogP contribution in [0.4, 0.5) is 0 Å². The summed E-state index contributed by atoms with van der Waals surface area (Å²) in [5.74, 6) is -1.31. The summed E-state index contributed by atoms with van der Waals surface area (Å²) in [6.45, 7) is 9.65. The van der Waals surface area contributed by atoms with Gasteiger partial charge in [-0.2, -0.15) is 0 Å².